The quantitative estimate of drug-likeness (QED) is 0.828. The maximum absolute atomic E-state index is 5.90. The fourth-order valence-electron chi connectivity index (χ4n) is 1.81. The molecule has 1 unspecified atom stereocenters. The number of aromatic nitrogens is 1. The van der Waals surface area contributed by atoms with Crippen molar-refractivity contribution in [2.45, 2.75) is 26.3 Å². The van der Waals surface area contributed by atoms with Crippen LogP contribution in [0.1, 0.15) is 18.9 Å². The summed E-state index contributed by atoms with van der Waals surface area (Å²) in [7, 11) is 0. The Morgan fingerprint density at radius 3 is 2.82 bits per heavy atom. The normalized spacial score (nSPS) is 12.6. The number of pyridine rings is 1. The molecule has 1 heterocycles. The largest absolute Gasteiger partial charge is 0.366 e. The van der Waals surface area contributed by atoms with Gasteiger partial charge in [-0.1, -0.05) is 25.1 Å². The van der Waals surface area contributed by atoms with E-state index in [1.807, 2.05) is 18.2 Å². The van der Waals surface area contributed by atoms with Gasteiger partial charge < -0.3 is 5.32 Å². The Balaban J connectivity index is 2.37. The van der Waals surface area contributed by atoms with Crippen LogP contribution in [0.2, 0.25) is 0 Å². The van der Waals surface area contributed by atoms with Gasteiger partial charge in [-0.15, -0.1) is 11.6 Å². The number of hydrogen-bond donors (Lipinski definition) is 1. The molecule has 1 N–H and O–H groups in total. The Morgan fingerprint density at radius 2 is 2.12 bits per heavy atom. The van der Waals surface area contributed by atoms with E-state index in [9.17, 15) is 0 Å². The number of nitrogens with one attached hydrogen (secondary N) is 1. The first kappa shape index (κ1) is 12.2. The summed E-state index contributed by atoms with van der Waals surface area (Å²) in [6.45, 7) is 4.19. The van der Waals surface area contributed by atoms with Crippen LogP contribution in [0, 0.1) is 6.92 Å². The molecule has 0 amide bonds. The van der Waals surface area contributed by atoms with Gasteiger partial charge in [0.15, 0.2) is 0 Å². The third kappa shape index (κ3) is 2.70. The van der Waals surface area contributed by atoms with Crippen LogP contribution in [0.4, 0.5) is 5.82 Å². The molecule has 0 aliphatic carbocycles. The fourth-order valence-corrected chi connectivity index (χ4v) is 2.11. The monoisotopic (exact) mass is 248 g/mol. The lowest BCUT2D eigenvalue weighted by atomic mass is 10.1. The van der Waals surface area contributed by atoms with Crippen LogP contribution in [0.25, 0.3) is 10.9 Å². The molecular weight excluding hydrogens is 232 g/mol. The SMILES string of the molecule is CCC(CCl)Nc1nc2ccccc2cc1C. The van der Waals surface area contributed by atoms with E-state index in [-0.39, 0.29) is 6.04 Å². The molecule has 0 saturated heterocycles. The minimum absolute atomic E-state index is 0.282. The van der Waals surface area contributed by atoms with Gasteiger partial charge in [0.25, 0.3) is 0 Å². The summed E-state index contributed by atoms with van der Waals surface area (Å²) in [5, 5.41) is 4.57. The molecule has 2 rings (SSSR count). The lowest BCUT2D eigenvalue weighted by Gasteiger charge is -2.16. The summed E-state index contributed by atoms with van der Waals surface area (Å²) in [5.41, 5.74) is 2.18. The number of halogens is 1. The van der Waals surface area contributed by atoms with Gasteiger partial charge in [0.1, 0.15) is 5.82 Å². The molecule has 90 valence electrons. The number of fused-ring (bicyclic) bond motifs is 1. The zero-order valence-corrected chi connectivity index (χ0v) is 11.0. The highest BCUT2D eigenvalue weighted by atomic mass is 35.5. The predicted molar refractivity (Wildman–Crippen MR) is 74.9 cm³/mol. The Hall–Kier alpha value is -1.28. The highest BCUT2D eigenvalue weighted by Gasteiger charge is 2.08. The van der Waals surface area contributed by atoms with Gasteiger partial charge in [-0.2, -0.15) is 0 Å². The van der Waals surface area contributed by atoms with Crippen LogP contribution in [0.15, 0.2) is 30.3 Å². The number of rotatable bonds is 4. The Kier molecular flexibility index (Phi) is 3.85. The van der Waals surface area contributed by atoms with Crippen LogP contribution >= 0.6 is 11.6 Å². The second-order valence-corrected chi connectivity index (χ2v) is 4.56. The lowest BCUT2D eigenvalue weighted by Crippen LogP contribution is -2.21. The van der Waals surface area contributed by atoms with Crippen molar-refractivity contribution in [1.29, 1.82) is 0 Å². The zero-order chi connectivity index (χ0) is 12.3. The highest BCUT2D eigenvalue weighted by molar-refractivity contribution is 6.18. The summed E-state index contributed by atoms with van der Waals surface area (Å²) in [6, 6.07) is 10.6. The van der Waals surface area contributed by atoms with E-state index < -0.39 is 0 Å². The molecule has 0 aliphatic rings. The summed E-state index contributed by atoms with van der Waals surface area (Å²) in [4.78, 5) is 4.64. The smallest absolute Gasteiger partial charge is 0.129 e. The number of nitrogens with zero attached hydrogens (tertiary/aromatic N) is 1. The molecule has 2 nitrogen and oxygen atoms in total. The molecular formula is C14H17ClN2. The maximum atomic E-state index is 5.90. The average Bonchev–Trinajstić information content (AvgIpc) is 2.36. The molecule has 3 heteroatoms. The third-order valence-corrected chi connectivity index (χ3v) is 3.31. The van der Waals surface area contributed by atoms with Crippen molar-refractivity contribution >= 4 is 28.3 Å². The number of alkyl halides is 1. The van der Waals surface area contributed by atoms with Crippen molar-refractivity contribution in [1.82, 2.24) is 4.98 Å². The van der Waals surface area contributed by atoms with Crippen molar-refractivity contribution in [3.05, 3.63) is 35.9 Å². The van der Waals surface area contributed by atoms with Crippen LogP contribution in [0.3, 0.4) is 0 Å². The topological polar surface area (TPSA) is 24.9 Å². The van der Waals surface area contributed by atoms with Crippen molar-refractivity contribution < 1.29 is 0 Å². The lowest BCUT2D eigenvalue weighted by molar-refractivity contribution is 0.765. The first-order valence-electron chi connectivity index (χ1n) is 5.93. The molecule has 0 fully saturated rings. The van der Waals surface area contributed by atoms with Gasteiger partial charge in [0.2, 0.25) is 0 Å². The Bertz CT molecular complexity index is 507. The van der Waals surface area contributed by atoms with E-state index in [1.54, 1.807) is 0 Å². The zero-order valence-electron chi connectivity index (χ0n) is 10.2. The number of benzene rings is 1. The standard InChI is InChI=1S/C14H17ClN2/c1-3-12(9-15)16-14-10(2)8-11-6-4-5-7-13(11)17-14/h4-8,12H,3,9H2,1-2H3,(H,16,17). The van der Waals surface area contributed by atoms with E-state index in [1.165, 1.54) is 5.39 Å². The van der Waals surface area contributed by atoms with Gasteiger partial charge >= 0.3 is 0 Å². The number of hydrogen-bond acceptors (Lipinski definition) is 2. The van der Waals surface area contributed by atoms with E-state index in [0.29, 0.717) is 5.88 Å². The molecule has 0 aliphatic heterocycles. The minimum atomic E-state index is 0.282. The van der Waals surface area contributed by atoms with Crippen LogP contribution in [-0.4, -0.2) is 16.9 Å². The third-order valence-electron chi connectivity index (χ3n) is 2.93. The second kappa shape index (κ2) is 5.37. The number of aryl methyl sites for hydroxylation is 1. The first-order chi connectivity index (χ1) is 8.24. The van der Waals surface area contributed by atoms with Gasteiger partial charge in [-0.25, -0.2) is 4.98 Å². The maximum Gasteiger partial charge on any atom is 0.129 e. The Labute approximate surface area is 107 Å². The first-order valence-corrected chi connectivity index (χ1v) is 6.47. The van der Waals surface area contributed by atoms with Gasteiger partial charge in [-0.3, -0.25) is 0 Å². The molecule has 0 spiro atoms. The summed E-state index contributed by atoms with van der Waals surface area (Å²) < 4.78 is 0. The van der Waals surface area contributed by atoms with Crippen LogP contribution in [-0.2, 0) is 0 Å². The highest BCUT2D eigenvalue weighted by Crippen LogP contribution is 2.20. The average molecular weight is 249 g/mol. The number of para-hydroxylation sites is 1. The molecule has 1 aromatic carbocycles. The van der Waals surface area contributed by atoms with Gasteiger partial charge in [0, 0.05) is 17.3 Å². The van der Waals surface area contributed by atoms with E-state index in [0.717, 1.165) is 23.3 Å². The molecule has 0 saturated carbocycles. The number of anilines is 1. The molecule has 0 radical (unpaired) electrons. The van der Waals surface area contributed by atoms with Crippen molar-refractivity contribution in [2.75, 3.05) is 11.2 Å². The summed E-state index contributed by atoms with van der Waals surface area (Å²) in [6.07, 6.45) is 0.997. The summed E-state index contributed by atoms with van der Waals surface area (Å²) in [5.74, 6) is 1.54. The van der Waals surface area contributed by atoms with Crippen LogP contribution < -0.4 is 5.32 Å². The van der Waals surface area contributed by atoms with Crippen molar-refractivity contribution in [2.24, 2.45) is 0 Å². The van der Waals surface area contributed by atoms with Crippen molar-refractivity contribution in [3.8, 4) is 0 Å². The van der Waals surface area contributed by atoms with E-state index >= 15 is 0 Å². The molecule has 2 aromatic rings. The van der Waals surface area contributed by atoms with E-state index in [2.05, 4.69) is 36.3 Å². The molecule has 17 heavy (non-hydrogen) atoms. The molecule has 0 bridgehead atoms. The van der Waals surface area contributed by atoms with Gasteiger partial charge in [0.05, 0.1) is 5.52 Å². The van der Waals surface area contributed by atoms with E-state index in [4.69, 9.17) is 11.6 Å². The molecule has 1 aromatic heterocycles. The predicted octanol–water partition coefficient (Wildman–Crippen LogP) is 3.97. The summed E-state index contributed by atoms with van der Waals surface area (Å²) >= 11 is 5.90. The second-order valence-electron chi connectivity index (χ2n) is 4.25. The van der Waals surface area contributed by atoms with Crippen molar-refractivity contribution in [3.63, 3.8) is 0 Å². The minimum Gasteiger partial charge on any atom is -0.366 e. The van der Waals surface area contributed by atoms with Gasteiger partial charge in [-0.05, 0) is 31.0 Å². The van der Waals surface area contributed by atoms with Crippen LogP contribution in [0.5, 0.6) is 0 Å². The fraction of sp³-hybridized carbons (Fsp3) is 0.357. The Morgan fingerprint density at radius 1 is 1.35 bits per heavy atom. The molecule has 1 atom stereocenters.